The van der Waals surface area contributed by atoms with Gasteiger partial charge in [-0.15, -0.1) is 11.3 Å². The number of pyridine rings is 1. The van der Waals surface area contributed by atoms with Crippen LogP contribution >= 0.6 is 34.7 Å². The molecule has 1 saturated heterocycles. The van der Waals surface area contributed by atoms with Crippen LogP contribution in [-0.2, 0) is 15.3 Å². The molecule has 0 spiro atoms. The van der Waals surface area contributed by atoms with Gasteiger partial charge in [-0.3, -0.25) is 4.79 Å². The molecule has 2 aromatic heterocycles. The number of halogens is 1. The Labute approximate surface area is 323 Å². The maximum atomic E-state index is 12.3. The number of carbonyl (C=O) groups is 1. The predicted molar refractivity (Wildman–Crippen MR) is 209 cm³/mol. The minimum atomic E-state index is -1.25. The number of thioether (sulfide) groups is 1. The van der Waals surface area contributed by atoms with E-state index < -0.39 is 18.4 Å². The van der Waals surface area contributed by atoms with Crippen LogP contribution in [0.2, 0.25) is 5.02 Å². The summed E-state index contributed by atoms with van der Waals surface area (Å²) in [6.45, 7) is 3.94. The van der Waals surface area contributed by atoms with Crippen LogP contribution in [0.25, 0.3) is 21.7 Å². The summed E-state index contributed by atoms with van der Waals surface area (Å²) in [5.41, 5.74) is 15.2. The highest BCUT2D eigenvalue weighted by molar-refractivity contribution is 7.98. The van der Waals surface area contributed by atoms with Crippen molar-refractivity contribution in [2.75, 3.05) is 37.7 Å². The van der Waals surface area contributed by atoms with Gasteiger partial charge in [-0.25, -0.2) is 9.97 Å². The van der Waals surface area contributed by atoms with Gasteiger partial charge in [0.1, 0.15) is 45.9 Å². The number of aromatic nitrogens is 2. The van der Waals surface area contributed by atoms with Crippen LogP contribution in [0.15, 0.2) is 58.9 Å². The first kappa shape index (κ1) is 39.9. The minimum absolute atomic E-state index is 0.0627. The van der Waals surface area contributed by atoms with E-state index in [1.807, 2.05) is 41.8 Å². The van der Waals surface area contributed by atoms with Crippen LogP contribution in [0, 0.1) is 22.7 Å². The first-order valence-corrected chi connectivity index (χ1v) is 19.7. The van der Waals surface area contributed by atoms with E-state index in [1.54, 1.807) is 30.4 Å². The largest absolute Gasteiger partial charge is 0.491 e. The number of nitrogens with zero attached hydrogens (tertiary/aromatic N) is 5. The topological polar surface area (TPSA) is 196 Å². The summed E-state index contributed by atoms with van der Waals surface area (Å²) < 4.78 is 11.3. The lowest BCUT2D eigenvalue weighted by atomic mass is 9.96. The van der Waals surface area contributed by atoms with Gasteiger partial charge in [-0.05, 0) is 69.0 Å². The zero-order chi connectivity index (χ0) is 37.7. The van der Waals surface area contributed by atoms with Crippen molar-refractivity contribution < 1.29 is 19.4 Å². The Hall–Kier alpha value is -4.25. The Morgan fingerprint density at radius 1 is 1.06 bits per heavy atom. The maximum absolute atomic E-state index is 12.3. The van der Waals surface area contributed by atoms with E-state index in [2.05, 4.69) is 22.4 Å². The van der Waals surface area contributed by atoms with E-state index >= 15 is 0 Å². The van der Waals surface area contributed by atoms with E-state index in [-0.39, 0.29) is 19.1 Å². The number of benzene rings is 2. The van der Waals surface area contributed by atoms with Crippen molar-refractivity contribution in [3.05, 3.63) is 75.8 Å². The zero-order valence-electron chi connectivity index (χ0n) is 29.5. The number of nitrogens with one attached hydrogen (secondary N) is 1. The van der Waals surface area contributed by atoms with Crippen LogP contribution in [0.5, 0.6) is 5.75 Å². The third kappa shape index (κ3) is 10.7. The number of carbonyl (C=O) groups excluding carboxylic acids is 1. The number of aliphatic hydroxyl groups excluding tert-OH is 1. The van der Waals surface area contributed by atoms with Gasteiger partial charge < -0.3 is 36.3 Å². The van der Waals surface area contributed by atoms with Crippen molar-refractivity contribution in [3.63, 3.8) is 0 Å². The highest BCUT2D eigenvalue weighted by atomic mass is 35.5. The van der Waals surface area contributed by atoms with Crippen molar-refractivity contribution in [1.82, 2.24) is 15.3 Å². The molecule has 3 heterocycles. The summed E-state index contributed by atoms with van der Waals surface area (Å²) in [6.07, 6.45) is 2.80. The average molecular weight is 775 g/mol. The van der Waals surface area contributed by atoms with Gasteiger partial charge in [0, 0.05) is 40.4 Å². The summed E-state index contributed by atoms with van der Waals surface area (Å²) in [4.78, 5) is 24.2. The molecule has 53 heavy (non-hydrogen) atoms. The van der Waals surface area contributed by atoms with Crippen molar-refractivity contribution >= 4 is 46.4 Å². The van der Waals surface area contributed by atoms with E-state index in [9.17, 15) is 20.4 Å². The molecule has 0 saturated carbocycles. The number of amides is 1. The number of aliphatic hydroxyl groups is 1. The second-order valence-corrected chi connectivity index (χ2v) is 14.8. The smallest absolute Gasteiger partial charge is 0.237 e. The third-order valence-corrected chi connectivity index (χ3v) is 10.9. The van der Waals surface area contributed by atoms with Crippen LogP contribution in [0.3, 0.4) is 0 Å². The average Bonchev–Trinajstić information content (AvgIpc) is 3.89. The molecule has 1 aliphatic rings. The van der Waals surface area contributed by atoms with Crippen LogP contribution in [0.4, 0.5) is 5.82 Å². The van der Waals surface area contributed by atoms with Gasteiger partial charge in [0.25, 0.3) is 0 Å². The molecule has 1 aliphatic heterocycles. The summed E-state index contributed by atoms with van der Waals surface area (Å²) in [5, 5.41) is 38.0. The molecule has 12 nitrogen and oxygen atoms in total. The second-order valence-electron chi connectivity index (χ2n) is 12.5. The summed E-state index contributed by atoms with van der Waals surface area (Å²) >= 11 is 9.03. The lowest BCUT2D eigenvalue weighted by Gasteiger charge is -2.22. The first-order chi connectivity index (χ1) is 25.7. The molecular weight excluding hydrogens is 732 g/mol. The fourth-order valence-electron chi connectivity index (χ4n) is 5.79. The zero-order valence-corrected chi connectivity index (χ0v) is 31.9. The molecule has 1 unspecified atom stereocenters. The summed E-state index contributed by atoms with van der Waals surface area (Å²) in [7, 11) is 0. The number of ether oxygens (including phenoxy) is 2. The Bertz CT molecular complexity index is 1910. The van der Waals surface area contributed by atoms with E-state index in [0.29, 0.717) is 62.6 Å². The Balaban J connectivity index is 1.26. The number of anilines is 1. The number of hydrogen-bond acceptors (Lipinski definition) is 13. The van der Waals surface area contributed by atoms with Gasteiger partial charge in [0.2, 0.25) is 5.91 Å². The first-order valence-electron chi connectivity index (χ1n) is 17.5. The fraction of sp³-hybridized carbons (Fsp3) is 0.395. The molecule has 0 aliphatic carbocycles. The minimum Gasteiger partial charge on any atom is -0.491 e. The number of nitriles is 2. The van der Waals surface area contributed by atoms with Crippen molar-refractivity contribution in [2.45, 2.75) is 68.2 Å². The molecule has 1 amide bonds. The lowest BCUT2D eigenvalue weighted by Crippen LogP contribution is -2.49. The summed E-state index contributed by atoms with van der Waals surface area (Å²) in [5.74, 6) is 1.26. The van der Waals surface area contributed by atoms with Crippen molar-refractivity contribution in [3.8, 4) is 39.6 Å². The Morgan fingerprint density at radius 3 is 2.43 bits per heavy atom. The molecule has 2 aromatic carbocycles. The fourth-order valence-corrected chi connectivity index (χ4v) is 7.72. The van der Waals surface area contributed by atoms with E-state index in [4.69, 9.17) is 42.5 Å². The van der Waals surface area contributed by atoms with Crippen LogP contribution < -0.4 is 26.4 Å². The van der Waals surface area contributed by atoms with Crippen molar-refractivity contribution in [2.24, 2.45) is 11.5 Å². The van der Waals surface area contributed by atoms with Crippen molar-refractivity contribution in [1.29, 1.82) is 10.5 Å². The number of nitrogens with two attached hydrogens (primary N) is 2. The quantitative estimate of drug-likeness (QED) is 0.0537. The molecule has 0 radical (unpaired) electrons. The Morgan fingerprint density at radius 2 is 1.75 bits per heavy atom. The lowest BCUT2D eigenvalue weighted by molar-refractivity contribution is -0.137. The van der Waals surface area contributed by atoms with E-state index in [0.717, 1.165) is 55.0 Å². The molecule has 3 atom stereocenters. The Kier molecular flexibility index (Phi) is 14.9. The highest BCUT2D eigenvalue weighted by Gasteiger charge is 2.27. The molecule has 6 N–H and O–H groups in total. The normalized spacial score (nSPS) is 14.3. The monoisotopic (exact) mass is 774 g/mol. The van der Waals surface area contributed by atoms with Gasteiger partial charge >= 0.3 is 0 Å². The number of rotatable bonds is 18. The molecule has 4 aromatic rings. The molecule has 5 rings (SSSR count). The highest BCUT2D eigenvalue weighted by Crippen LogP contribution is 2.40. The molecule has 15 heteroatoms. The van der Waals surface area contributed by atoms with Gasteiger partial charge in [0.05, 0.1) is 29.9 Å². The van der Waals surface area contributed by atoms with Gasteiger partial charge in [-0.1, -0.05) is 54.0 Å². The molecule has 1 fully saturated rings. The third-order valence-electron chi connectivity index (χ3n) is 8.66. The molecule has 278 valence electrons. The number of hydrogen-bond donors (Lipinski definition) is 4. The standard InChI is InChI=1S/C38H43ClN8O4S2/c1-24(44-35(48)32(43)6-2-3-15-40)38(49)51-19-18-50-29-13-9-25(10-14-29)33-30(20-41)34(47-16-4-5-17-47)46-37(31(33)21-42)53-23-28-22-52-36(45-28)26-7-11-27(39)12-8-26/h7-14,22,24,32,38,49H,2-6,15-19,23,40,43H2,1H3,(H,44,48)/t24-,32-,38?/m0/s1. The van der Waals surface area contributed by atoms with Gasteiger partial charge in [-0.2, -0.15) is 10.5 Å². The van der Waals surface area contributed by atoms with Crippen LogP contribution in [-0.4, -0.2) is 72.2 Å². The van der Waals surface area contributed by atoms with E-state index in [1.165, 1.54) is 11.8 Å². The SMILES string of the molecule is C[C@H](NC(=O)[C@@H](N)CCCCN)C(O)OCCOc1ccc(-c2c(C#N)c(SCc3csc(-c4ccc(Cl)cc4)n3)nc(N3CCCC3)c2C#N)cc1. The molecular formula is C38H43ClN8O4S2. The van der Waals surface area contributed by atoms with Gasteiger partial charge in [0.15, 0.2) is 6.29 Å². The predicted octanol–water partition coefficient (Wildman–Crippen LogP) is 5.84. The summed E-state index contributed by atoms with van der Waals surface area (Å²) in [6, 6.07) is 18.0. The number of thiazole rings is 1. The maximum Gasteiger partial charge on any atom is 0.237 e. The molecule has 0 bridgehead atoms. The number of unbranched alkanes of at least 4 members (excludes halogenated alkanes) is 1. The van der Waals surface area contributed by atoms with Crippen LogP contribution in [0.1, 0.15) is 55.8 Å². The second kappa shape index (κ2) is 19.7.